The molecule has 0 aliphatic heterocycles. The molecule has 2 N–H and O–H groups in total. The Morgan fingerprint density at radius 1 is 1.44 bits per heavy atom. The minimum atomic E-state index is -4.95. The molecule has 1 aromatic rings. The number of carbonyl (C=O) groups excluding carboxylic acids is 1. The lowest BCUT2D eigenvalue weighted by Crippen LogP contribution is -2.30. The first kappa shape index (κ1) is 15.0. The van der Waals surface area contributed by atoms with Crippen LogP contribution in [0.15, 0.2) is 36.9 Å². The molecule has 0 saturated heterocycles. The van der Waals surface area contributed by atoms with Gasteiger partial charge in [0.15, 0.2) is 3.61 Å². The van der Waals surface area contributed by atoms with Gasteiger partial charge >= 0.3 is 12.1 Å². The number of alkyl halides is 4. The highest BCUT2D eigenvalue weighted by Gasteiger charge is 2.38. The summed E-state index contributed by atoms with van der Waals surface area (Å²) in [6, 6.07) is 5.48. The SMILES string of the molecule is C=CC(O)(I)c1cccc(NC(=O)C(F)(F)F)c1. The zero-order chi connectivity index (χ0) is 14.0. The van der Waals surface area contributed by atoms with Gasteiger partial charge in [0.25, 0.3) is 0 Å². The van der Waals surface area contributed by atoms with Crippen LogP contribution in [0.4, 0.5) is 18.9 Å². The van der Waals surface area contributed by atoms with Crippen LogP contribution in [-0.4, -0.2) is 17.2 Å². The Labute approximate surface area is 115 Å². The van der Waals surface area contributed by atoms with Gasteiger partial charge in [0.1, 0.15) is 0 Å². The highest BCUT2D eigenvalue weighted by atomic mass is 127. The molecule has 1 unspecified atom stereocenters. The van der Waals surface area contributed by atoms with Crippen LogP contribution < -0.4 is 5.32 Å². The number of benzene rings is 1. The number of hydrogen-bond acceptors (Lipinski definition) is 2. The van der Waals surface area contributed by atoms with Crippen molar-refractivity contribution in [2.24, 2.45) is 0 Å². The minimum Gasteiger partial charge on any atom is -0.372 e. The Kier molecular flexibility index (Phi) is 4.38. The van der Waals surface area contributed by atoms with E-state index in [2.05, 4.69) is 6.58 Å². The van der Waals surface area contributed by atoms with E-state index in [0.717, 1.165) is 0 Å². The van der Waals surface area contributed by atoms with E-state index < -0.39 is 15.7 Å². The zero-order valence-electron chi connectivity index (χ0n) is 8.96. The van der Waals surface area contributed by atoms with Crippen molar-refractivity contribution in [3.8, 4) is 0 Å². The molecule has 3 nitrogen and oxygen atoms in total. The second-order valence-electron chi connectivity index (χ2n) is 3.41. The fourth-order valence-corrected chi connectivity index (χ4v) is 1.47. The van der Waals surface area contributed by atoms with Crippen LogP contribution in [0, 0.1) is 0 Å². The summed E-state index contributed by atoms with van der Waals surface area (Å²) in [7, 11) is 0. The van der Waals surface area contributed by atoms with Gasteiger partial charge in [-0.3, -0.25) is 4.79 Å². The van der Waals surface area contributed by atoms with Gasteiger partial charge in [-0.25, -0.2) is 0 Å². The van der Waals surface area contributed by atoms with Gasteiger partial charge in [-0.05, 0) is 46.4 Å². The average Bonchev–Trinajstić information content (AvgIpc) is 2.28. The molecule has 0 aliphatic carbocycles. The summed E-state index contributed by atoms with van der Waals surface area (Å²) in [5, 5.41) is 11.6. The molecule has 0 radical (unpaired) electrons. The van der Waals surface area contributed by atoms with Crippen LogP contribution in [0.25, 0.3) is 0 Å². The summed E-state index contributed by atoms with van der Waals surface area (Å²) in [6.45, 7) is 3.41. The largest absolute Gasteiger partial charge is 0.471 e. The van der Waals surface area contributed by atoms with Gasteiger partial charge in [0.05, 0.1) is 0 Å². The van der Waals surface area contributed by atoms with E-state index in [9.17, 15) is 23.1 Å². The molecule has 0 bridgehead atoms. The number of nitrogens with one attached hydrogen (secondary N) is 1. The van der Waals surface area contributed by atoms with E-state index in [-0.39, 0.29) is 5.69 Å². The standard InChI is InChI=1S/C11H9F3INO2/c1-2-10(15,18)7-4-3-5-8(6-7)16-9(17)11(12,13)14/h2-6,18H,1H2,(H,16,17). The van der Waals surface area contributed by atoms with E-state index in [1.54, 1.807) is 27.9 Å². The Hall–Kier alpha value is -1.09. The second kappa shape index (κ2) is 5.27. The smallest absolute Gasteiger partial charge is 0.372 e. The summed E-state index contributed by atoms with van der Waals surface area (Å²) >= 11 is 1.67. The number of hydrogen-bond donors (Lipinski definition) is 2. The third kappa shape index (κ3) is 3.70. The normalized spacial score (nSPS) is 14.7. The first-order valence-corrected chi connectivity index (χ1v) is 5.78. The van der Waals surface area contributed by atoms with E-state index in [1.165, 1.54) is 30.3 Å². The average molecular weight is 371 g/mol. The lowest BCUT2D eigenvalue weighted by Gasteiger charge is -2.18. The van der Waals surface area contributed by atoms with Crippen LogP contribution in [0.1, 0.15) is 5.56 Å². The predicted molar refractivity (Wildman–Crippen MR) is 69.2 cm³/mol. The maximum absolute atomic E-state index is 12.1. The van der Waals surface area contributed by atoms with Crippen molar-refractivity contribution in [2.45, 2.75) is 9.78 Å². The summed E-state index contributed by atoms with van der Waals surface area (Å²) in [5.74, 6) is -2.06. The molecular formula is C11H9F3INO2. The summed E-state index contributed by atoms with van der Waals surface area (Å²) in [5.41, 5.74) is 0.268. The lowest BCUT2D eigenvalue weighted by atomic mass is 10.1. The van der Waals surface area contributed by atoms with E-state index in [0.29, 0.717) is 5.56 Å². The van der Waals surface area contributed by atoms with Crippen molar-refractivity contribution in [1.82, 2.24) is 0 Å². The molecule has 0 aromatic heterocycles. The molecule has 7 heteroatoms. The Morgan fingerprint density at radius 3 is 2.56 bits per heavy atom. The summed E-state index contributed by atoms with van der Waals surface area (Å²) in [4.78, 5) is 10.7. The topological polar surface area (TPSA) is 49.3 Å². The monoisotopic (exact) mass is 371 g/mol. The molecule has 0 spiro atoms. The third-order valence-corrected chi connectivity index (χ3v) is 3.12. The highest BCUT2D eigenvalue weighted by Crippen LogP contribution is 2.31. The Bertz CT molecular complexity index is 472. The molecule has 1 aromatic carbocycles. The van der Waals surface area contributed by atoms with Gasteiger partial charge in [-0.2, -0.15) is 13.2 Å². The van der Waals surface area contributed by atoms with Gasteiger partial charge in [0.2, 0.25) is 0 Å². The molecule has 1 amide bonds. The van der Waals surface area contributed by atoms with Crippen molar-refractivity contribution < 1.29 is 23.1 Å². The predicted octanol–water partition coefficient (Wildman–Crippen LogP) is 2.95. The quantitative estimate of drug-likeness (QED) is 0.488. The van der Waals surface area contributed by atoms with Crippen molar-refractivity contribution in [1.29, 1.82) is 0 Å². The number of carbonyl (C=O) groups is 1. The van der Waals surface area contributed by atoms with Crippen molar-refractivity contribution in [2.75, 3.05) is 5.32 Å². The molecular weight excluding hydrogens is 362 g/mol. The van der Waals surface area contributed by atoms with Crippen molar-refractivity contribution in [3.63, 3.8) is 0 Å². The van der Waals surface area contributed by atoms with Gasteiger partial charge < -0.3 is 10.4 Å². The summed E-state index contributed by atoms with van der Waals surface area (Å²) in [6.07, 6.45) is -3.71. The first-order valence-electron chi connectivity index (χ1n) is 4.70. The molecule has 98 valence electrons. The van der Waals surface area contributed by atoms with Crippen LogP contribution >= 0.6 is 22.6 Å². The second-order valence-corrected chi connectivity index (χ2v) is 5.05. The van der Waals surface area contributed by atoms with Crippen LogP contribution in [0.3, 0.4) is 0 Å². The van der Waals surface area contributed by atoms with Crippen LogP contribution in [0.2, 0.25) is 0 Å². The molecule has 1 atom stereocenters. The van der Waals surface area contributed by atoms with E-state index in [4.69, 9.17) is 0 Å². The molecule has 0 saturated carbocycles. The molecule has 18 heavy (non-hydrogen) atoms. The third-order valence-electron chi connectivity index (χ3n) is 2.05. The van der Waals surface area contributed by atoms with Crippen LogP contribution in [0.5, 0.6) is 0 Å². The van der Waals surface area contributed by atoms with Gasteiger partial charge in [0, 0.05) is 5.69 Å². The fraction of sp³-hybridized carbons (Fsp3) is 0.182. The first-order chi connectivity index (χ1) is 8.16. The number of rotatable bonds is 3. The highest BCUT2D eigenvalue weighted by molar-refractivity contribution is 14.1. The summed E-state index contributed by atoms with van der Waals surface area (Å²) < 4.78 is 34.8. The van der Waals surface area contributed by atoms with E-state index >= 15 is 0 Å². The minimum absolute atomic E-state index is 0.0493. The Balaban J connectivity index is 2.97. The molecule has 0 aliphatic rings. The molecule has 0 heterocycles. The van der Waals surface area contributed by atoms with E-state index in [1.807, 2.05) is 0 Å². The number of anilines is 1. The maximum Gasteiger partial charge on any atom is 0.471 e. The zero-order valence-corrected chi connectivity index (χ0v) is 11.1. The number of halogens is 4. The van der Waals surface area contributed by atoms with Gasteiger partial charge in [-0.1, -0.05) is 18.7 Å². The molecule has 0 fully saturated rings. The lowest BCUT2D eigenvalue weighted by molar-refractivity contribution is -0.167. The van der Waals surface area contributed by atoms with Crippen molar-refractivity contribution in [3.05, 3.63) is 42.5 Å². The maximum atomic E-state index is 12.1. The Morgan fingerprint density at radius 2 is 2.06 bits per heavy atom. The molecule has 1 rings (SSSR count). The van der Waals surface area contributed by atoms with Crippen LogP contribution in [-0.2, 0) is 8.40 Å². The fourth-order valence-electron chi connectivity index (χ4n) is 1.13. The van der Waals surface area contributed by atoms with Gasteiger partial charge in [-0.15, -0.1) is 0 Å². The number of aliphatic hydroxyl groups is 1. The van der Waals surface area contributed by atoms with Crippen molar-refractivity contribution >= 4 is 34.2 Å². The number of amides is 1.